The molecule has 2 atom stereocenters. The van der Waals surface area contributed by atoms with E-state index in [-0.39, 0.29) is 12.4 Å². The molecule has 2 rings (SSSR count). The van der Waals surface area contributed by atoms with Gasteiger partial charge in [-0.15, -0.1) is 19.0 Å². The van der Waals surface area contributed by atoms with Crippen molar-refractivity contribution in [3.63, 3.8) is 0 Å². The fourth-order valence-electron chi connectivity index (χ4n) is 2.60. The van der Waals surface area contributed by atoms with Crippen LogP contribution >= 0.6 is 12.4 Å². The first-order chi connectivity index (χ1) is 9.24. The van der Waals surface area contributed by atoms with Crippen molar-refractivity contribution in [3.8, 4) is 0 Å². The zero-order valence-electron chi connectivity index (χ0n) is 12.1. The second-order valence-electron chi connectivity index (χ2n) is 4.99. The van der Waals surface area contributed by atoms with Crippen molar-refractivity contribution in [3.05, 3.63) is 84.4 Å². The fourth-order valence-corrected chi connectivity index (χ4v) is 2.60. The van der Waals surface area contributed by atoms with Gasteiger partial charge in [0, 0.05) is 12.0 Å². The van der Waals surface area contributed by atoms with Gasteiger partial charge in [-0.25, -0.2) is 0 Å². The van der Waals surface area contributed by atoms with Crippen LogP contribution in [0.3, 0.4) is 0 Å². The lowest BCUT2D eigenvalue weighted by Gasteiger charge is -2.31. The molecule has 0 heterocycles. The first-order valence-corrected chi connectivity index (χ1v) is 6.63. The van der Waals surface area contributed by atoms with Crippen molar-refractivity contribution in [1.82, 2.24) is 4.90 Å². The summed E-state index contributed by atoms with van der Waals surface area (Å²) in [4.78, 5) is 2.26. The monoisotopic (exact) mass is 287 g/mol. The van der Waals surface area contributed by atoms with Crippen molar-refractivity contribution in [2.45, 2.75) is 12.0 Å². The zero-order valence-corrected chi connectivity index (χ0v) is 12.9. The summed E-state index contributed by atoms with van der Waals surface area (Å²) in [6, 6.07) is 21.5. The molecule has 0 aliphatic rings. The van der Waals surface area contributed by atoms with Crippen molar-refractivity contribution in [1.29, 1.82) is 0 Å². The standard InChI is InChI=1S/C18H21N.ClH/c1-4-17(15-11-7-5-8-12-15)18(19(2)3)16-13-9-6-10-14-16;/h4-14,17-18H,1H2,2-3H3;1H. The predicted octanol–water partition coefficient (Wildman–Crippen LogP) is 4.68. The summed E-state index contributed by atoms with van der Waals surface area (Å²) in [5.74, 6) is 0.290. The molecule has 0 aromatic heterocycles. The minimum Gasteiger partial charge on any atom is -0.301 e. The molecule has 0 saturated heterocycles. The largest absolute Gasteiger partial charge is 0.301 e. The van der Waals surface area contributed by atoms with E-state index in [0.717, 1.165) is 0 Å². The van der Waals surface area contributed by atoms with E-state index < -0.39 is 0 Å². The first kappa shape index (κ1) is 16.5. The Labute approximate surface area is 128 Å². The van der Waals surface area contributed by atoms with Gasteiger partial charge in [-0.05, 0) is 25.2 Å². The van der Waals surface area contributed by atoms with Gasteiger partial charge in [0.25, 0.3) is 0 Å². The molecule has 0 spiro atoms. The zero-order chi connectivity index (χ0) is 13.7. The molecule has 0 aliphatic carbocycles. The molecule has 0 radical (unpaired) electrons. The second-order valence-corrected chi connectivity index (χ2v) is 4.99. The number of likely N-dealkylation sites (N-methyl/N-ethyl adjacent to an activating group) is 1. The van der Waals surface area contributed by atoms with Gasteiger partial charge in [-0.1, -0.05) is 66.7 Å². The van der Waals surface area contributed by atoms with Gasteiger partial charge in [-0.2, -0.15) is 0 Å². The summed E-state index contributed by atoms with van der Waals surface area (Å²) in [6.45, 7) is 4.04. The van der Waals surface area contributed by atoms with E-state index >= 15 is 0 Å². The Balaban J connectivity index is 0.00000200. The van der Waals surface area contributed by atoms with E-state index in [4.69, 9.17) is 0 Å². The molecule has 0 aliphatic heterocycles. The van der Waals surface area contributed by atoms with E-state index in [0.29, 0.717) is 12.0 Å². The van der Waals surface area contributed by atoms with Crippen LogP contribution in [0.4, 0.5) is 0 Å². The summed E-state index contributed by atoms with van der Waals surface area (Å²) in [5.41, 5.74) is 2.63. The van der Waals surface area contributed by atoms with Gasteiger partial charge < -0.3 is 4.90 Å². The van der Waals surface area contributed by atoms with Crippen LogP contribution < -0.4 is 0 Å². The van der Waals surface area contributed by atoms with Gasteiger partial charge in [0.2, 0.25) is 0 Å². The van der Waals surface area contributed by atoms with Crippen LogP contribution in [0.5, 0.6) is 0 Å². The van der Waals surface area contributed by atoms with Crippen molar-refractivity contribution in [2.75, 3.05) is 14.1 Å². The second kappa shape index (κ2) is 7.88. The third-order valence-electron chi connectivity index (χ3n) is 3.48. The quantitative estimate of drug-likeness (QED) is 0.722. The Morgan fingerprint density at radius 2 is 1.30 bits per heavy atom. The molecule has 0 N–H and O–H groups in total. The maximum absolute atomic E-state index is 4.04. The lowest BCUT2D eigenvalue weighted by atomic mass is 9.86. The van der Waals surface area contributed by atoms with Crippen LogP contribution in [0.25, 0.3) is 0 Å². The van der Waals surface area contributed by atoms with Gasteiger partial charge in [0.05, 0.1) is 0 Å². The highest BCUT2D eigenvalue weighted by Crippen LogP contribution is 2.35. The van der Waals surface area contributed by atoms with Crippen LogP contribution in [0, 0.1) is 0 Å². The van der Waals surface area contributed by atoms with Crippen molar-refractivity contribution >= 4 is 12.4 Å². The van der Waals surface area contributed by atoms with E-state index in [1.165, 1.54) is 11.1 Å². The van der Waals surface area contributed by atoms with E-state index in [2.05, 4.69) is 86.2 Å². The maximum Gasteiger partial charge on any atom is 0.0445 e. The number of hydrogen-bond donors (Lipinski definition) is 0. The molecular weight excluding hydrogens is 266 g/mol. The van der Waals surface area contributed by atoms with Crippen LogP contribution in [-0.4, -0.2) is 19.0 Å². The predicted molar refractivity (Wildman–Crippen MR) is 89.5 cm³/mol. The Kier molecular flexibility index (Phi) is 6.50. The molecule has 2 aromatic rings. The highest BCUT2D eigenvalue weighted by Gasteiger charge is 2.23. The Bertz CT molecular complexity index is 507. The molecule has 2 aromatic carbocycles. The van der Waals surface area contributed by atoms with Gasteiger partial charge in [0.1, 0.15) is 0 Å². The van der Waals surface area contributed by atoms with Gasteiger partial charge in [-0.3, -0.25) is 0 Å². The molecule has 2 unspecified atom stereocenters. The van der Waals surface area contributed by atoms with Crippen LogP contribution in [0.2, 0.25) is 0 Å². The summed E-state index contributed by atoms with van der Waals surface area (Å²) in [6.07, 6.45) is 2.05. The lowest BCUT2D eigenvalue weighted by Crippen LogP contribution is -2.25. The molecule has 1 nitrogen and oxygen atoms in total. The van der Waals surface area contributed by atoms with E-state index in [1.54, 1.807) is 0 Å². The molecule has 0 bridgehead atoms. The minimum absolute atomic E-state index is 0. The average molecular weight is 288 g/mol. The molecular formula is C18H22ClN. The lowest BCUT2D eigenvalue weighted by molar-refractivity contribution is 0.278. The maximum atomic E-state index is 4.04. The van der Waals surface area contributed by atoms with Crippen LogP contribution in [0.1, 0.15) is 23.1 Å². The van der Waals surface area contributed by atoms with Gasteiger partial charge in [0.15, 0.2) is 0 Å². The molecule has 0 amide bonds. The molecule has 106 valence electrons. The molecule has 2 heteroatoms. The molecule has 0 saturated carbocycles. The minimum atomic E-state index is 0. The Morgan fingerprint density at radius 1 is 0.850 bits per heavy atom. The Hall–Kier alpha value is -1.57. The Morgan fingerprint density at radius 3 is 1.70 bits per heavy atom. The first-order valence-electron chi connectivity index (χ1n) is 6.63. The van der Waals surface area contributed by atoms with Gasteiger partial charge >= 0.3 is 0 Å². The third-order valence-corrected chi connectivity index (χ3v) is 3.48. The highest BCUT2D eigenvalue weighted by molar-refractivity contribution is 5.85. The number of nitrogens with zero attached hydrogens (tertiary/aromatic N) is 1. The number of rotatable bonds is 5. The topological polar surface area (TPSA) is 3.24 Å². The highest BCUT2D eigenvalue weighted by atomic mass is 35.5. The van der Waals surface area contributed by atoms with E-state index in [9.17, 15) is 0 Å². The number of hydrogen-bond acceptors (Lipinski definition) is 1. The van der Waals surface area contributed by atoms with Crippen LogP contribution in [0.15, 0.2) is 73.3 Å². The summed E-state index contributed by atoms with van der Waals surface area (Å²) < 4.78 is 0. The summed E-state index contributed by atoms with van der Waals surface area (Å²) in [7, 11) is 4.24. The smallest absolute Gasteiger partial charge is 0.0445 e. The normalized spacial score (nSPS) is 13.3. The van der Waals surface area contributed by atoms with E-state index in [1.807, 2.05) is 6.08 Å². The van der Waals surface area contributed by atoms with Crippen molar-refractivity contribution < 1.29 is 0 Å². The fraction of sp³-hybridized carbons (Fsp3) is 0.222. The summed E-state index contributed by atoms with van der Waals surface area (Å²) in [5, 5.41) is 0. The molecule has 0 fully saturated rings. The van der Waals surface area contributed by atoms with Crippen LogP contribution in [-0.2, 0) is 0 Å². The summed E-state index contributed by atoms with van der Waals surface area (Å²) >= 11 is 0. The number of halogens is 1. The number of benzene rings is 2. The SMILES string of the molecule is C=CC(c1ccccc1)C(c1ccccc1)N(C)C.Cl. The molecule has 20 heavy (non-hydrogen) atoms. The third kappa shape index (κ3) is 3.72. The average Bonchev–Trinajstić information content (AvgIpc) is 2.46. The van der Waals surface area contributed by atoms with Crippen molar-refractivity contribution in [2.24, 2.45) is 0 Å².